The van der Waals surface area contributed by atoms with Gasteiger partial charge < -0.3 is 40.5 Å². The predicted octanol–water partition coefficient (Wildman–Crippen LogP) is 27.4. The number of rotatable bonds is 14. The summed E-state index contributed by atoms with van der Waals surface area (Å²) >= 11 is 1.71. The van der Waals surface area contributed by atoms with E-state index < -0.39 is 15.8 Å². The molecular formula is C122H118Ir4N9O8OsP2S-2. The minimum atomic E-state index is -0.545. The minimum Gasteiger partial charge on any atom is -0.512 e. The van der Waals surface area contributed by atoms with Crippen molar-refractivity contribution in [3.8, 4) is 67.1 Å². The number of aliphatic hydroxyl groups excluding tert-OH is 4. The molecule has 0 amide bonds. The topological polar surface area (TPSA) is 266 Å². The Morgan fingerprint density at radius 2 is 0.701 bits per heavy atom. The van der Waals surface area contributed by atoms with Gasteiger partial charge in [0.1, 0.15) is 0 Å². The van der Waals surface area contributed by atoms with Crippen LogP contribution in [0.2, 0.25) is 0 Å². The summed E-state index contributed by atoms with van der Waals surface area (Å²) in [6.07, 6.45) is 10.1. The van der Waals surface area contributed by atoms with Crippen LogP contribution >= 0.6 is 27.2 Å². The first-order chi connectivity index (χ1) is 68.4. The number of aliphatic hydroxyl groups is 4. The second kappa shape index (κ2) is 67.8. The summed E-state index contributed by atoms with van der Waals surface area (Å²) in [5, 5.41) is 52.9. The number of benzene rings is 13. The van der Waals surface area contributed by atoms with Crippen LogP contribution in [0.25, 0.3) is 110 Å². The van der Waals surface area contributed by atoms with Gasteiger partial charge in [0.15, 0.2) is 23.1 Å². The Bertz CT molecular complexity index is 6900. The number of hydrogen-bond acceptors (Lipinski definition) is 17. The third-order valence-electron chi connectivity index (χ3n) is 20.2. The number of fused-ring (bicyclic) bond motifs is 4. The van der Waals surface area contributed by atoms with E-state index in [0.717, 1.165) is 83.4 Å². The molecule has 0 fully saturated rings. The van der Waals surface area contributed by atoms with Gasteiger partial charge in [0, 0.05) is 145 Å². The number of aromatic nitrogens is 9. The Hall–Kier alpha value is -12.9. The maximum Gasteiger partial charge on any atom is 1.00 e. The van der Waals surface area contributed by atoms with Gasteiger partial charge in [-0.15, -0.1) is 143 Å². The van der Waals surface area contributed by atoms with Crippen LogP contribution in [0.4, 0.5) is 0 Å². The number of allylic oxidation sites excluding steroid dienone is 8. The maximum absolute atomic E-state index is 10.0. The van der Waals surface area contributed by atoms with E-state index in [1.54, 1.807) is 17.5 Å². The molecule has 0 aliphatic rings. The van der Waals surface area contributed by atoms with E-state index in [2.05, 4.69) is 288 Å². The number of para-hydroxylation sites is 3. The Kier molecular flexibility index (Phi) is 58.3. The molecule has 17 nitrogen and oxygen atoms in total. The number of aryl methyl sites for hydroxylation is 2. The molecule has 13 aromatic carbocycles. The van der Waals surface area contributed by atoms with Crippen molar-refractivity contribution < 1.29 is 140 Å². The van der Waals surface area contributed by atoms with Gasteiger partial charge in [-0.1, -0.05) is 197 Å². The fourth-order valence-corrected chi connectivity index (χ4v) is 18.0. The Labute approximate surface area is 937 Å². The molecule has 0 saturated carbocycles. The van der Waals surface area contributed by atoms with Crippen molar-refractivity contribution in [2.75, 3.05) is 13.3 Å². The van der Waals surface area contributed by atoms with Crippen molar-refractivity contribution in [1.82, 2.24) is 45.1 Å². The first kappa shape index (κ1) is 126. The van der Waals surface area contributed by atoms with E-state index in [1.165, 1.54) is 133 Å². The number of hydrogen-bond donors (Lipinski definition) is 4. The molecular weight excluding hydrogens is 2770 g/mol. The molecule has 0 saturated heterocycles. The third kappa shape index (κ3) is 44.8. The normalized spacial score (nSPS) is 10.5. The molecule has 0 aliphatic carbocycles. The third-order valence-corrected chi connectivity index (χ3v) is 26.1. The van der Waals surface area contributed by atoms with Gasteiger partial charge in [0.25, 0.3) is 0 Å². The molecule has 6 heterocycles. The molecule has 25 heteroatoms. The van der Waals surface area contributed by atoms with Crippen LogP contribution < -0.4 is 26.3 Å². The zero-order chi connectivity index (χ0) is 102. The van der Waals surface area contributed by atoms with Crippen molar-refractivity contribution in [2.45, 2.75) is 95.4 Å². The summed E-state index contributed by atoms with van der Waals surface area (Å²) < 4.78 is 1.23. The second-order valence-electron chi connectivity index (χ2n) is 33.3. The van der Waals surface area contributed by atoms with E-state index in [1.807, 2.05) is 196 Å². The molecule has 4 N–H and O–H groups in total. The molecule has 0 bridgehead atoms. The van der Waals surface area contributed by atoms with E-state index in [9.17, 15) is 19.2 Å². The molecule has 5 radical (unpaired) electrons. The first-order valence-corrected chi connectivity index (χ1v) is 50.7. The summed E-state index contributed by atoms with van der Waals surface area (Å²) in [5.41, 5.74) is 15.2. The van der Waals surface area contributed by atoms with Crippen molar-refractivity contribution >= 4 is 114 Å². The van der Waals surface area contributed by atoms with Crippen molar-refractivity contribution in [3.05, 3.63) is 471 Å². The molecule has 0 atom stereocenters. The van der Waals surface area contributed by atoms with E-state index in [0.29, 0.717) is 11.6 Å². The SMILES string of the molecule is CC(=O)C=C(C)O.CC(=O)C=C(C)O.CC(=O)C=C(C)O.CC(=O)C=C(C)O.CC(C)(C)c1c[c-]c(-c2nccc3ccccc23)cc1.C[PH+](c1ccccc1)c1ccccc1.C[PH+](c1ccccc1)c1ccccc1.Cc1ccnc(-c2nc(C)n[n-]2)c1.[Ir].[Ir].[Ir].[Ir].[Os+].[c-]1ccccc1-c1nc2ccccc2nc1-c1ccccc1.[c-]1ccccc1-c1nc2ccccc2s1.[c-]1ccccc1-c1nccc2ccccc12. The number of carbonyl (C=O) groups excluding carboxylic acids is 4. The summed E-state index contributed by atoms with van der Waals surface area (Å²) in [6, 6.07) is 137. The van der Waals surface area contributed by atoms with Crippen LogP contribution in [0.3, 0.4) is 0 Å². The van der Waals surface area contributed by atoms with Crippen molar-refractivity contribution in [3.63, 3.8) is 0 Å². The fourth-order valence-electron chi connectivity index (χ4n) is 13.6. The van der Waals surface area contributed by atoms with Crippen LogP contribution in [0.1, 0.15) is 93.1 Å². The summed E-state index contributed by atoms with van der Waals surface area (Å²) in [5.74, 6) is 1.03. The fraction of sp³-hybridized carbons (Fsp3) is 0.131. The average Bonchev–Trinajstić information content (AvgIpc) is 1.36. The van der Waals surface area contributed by atoms with Crippen LogP contribution in [0.15, 0.2) is 430 Å². The van der Waals surface area contributed by atoms with Gasteiger partial charge in [0.05, 0.1) is 101 Å². The summed E-state index contributed by atoms with van der Waals surface area (Å²) in [4.78, 5) is 71.6. The number of ketones is 4. The molecule has 6 aromatic heterocycles. The van der Waals surface area contributed by atoms with Gasteiger partial charge in [-0.2, -0.15) is 11.3 Å². The van der Waals surface area contributed by atoms with E-state index in [4.69, 9.17) is 30.4 Å². The monoisotopic (exact) mass is 2890 g/mol. The standard InChI is InChI=1S/C20H13N2.C19H18N.C15H10N.C13H8NS.2C13H13P.C9H9N4.4C5H8O2.4Ir.Os/c1-3-9-15(10-4-1)19-20(16-11-5-2-6-12-16)22-18-14-8-7-13-17(18)21-19;1-19(2,3)16-10-8-15(9-11-16)18-17-7-5-4-6-14(17)12-13-20-18;1-2-7-13(8-3-1)15-14-9-5-4-6-12(14)10-11-16-15;1-2-6-10(7-3-1)13-14-11-8-4-5-9-12(11)15-13;2*1-14(12-8-4-2-5-9-12)13-10-6-3-7-11-13;1-6-3-4-10-8(5-6)9-11-7(2)12-13-9;4*1-4(6)3-5(2)7;;;;;/h1-11,13-14H;4-8,10-13H,1-3H3;1-7,9-11H;1-6,8-9H;2*2-11H,1H3;3-5H,1-2H3;4*3,6H,1-2H3;;;;;/q4*-1;;;-1;;;;;;;;;+1/p+2. The Balaban J connectivity index is 0.000000342. The minimum absolute atomic E-state index is 0. The molecule has 0 unspecified atom stereocenters. The molecule has 19 rings (SSSR count). The average molecular weight is 2890 g/mol. The zero-order valence-electron chi connectivity index (χ0n) is 84.2. The quantitative estimate of drug-likeness (QED) is 0.0341. The van der Waals surface area contributed by atoms with Gasteiger partial charge in [-0.05, 0) is 222 Å². The number of nitrogens with zero attached hydrogens (tertiary/aromatic N) is 9. The molecule has 0 spiro atoms. The van der Waals surface area contributed by atoms with Crippen molar-refractivity contribution in [1.29, 1.82) is 0 Å². The first-order valence-electron chi connectivity index (χ1n) is 45.8. The molecule has 0 aliphatic heterocycles. The van der Waals surface area contributed by atoms with Gasteiger partial charge in [-0.3, -0.25) is 44.2 Å². The number of pyridine rings is 3. The second-order valence-corrected chi connectivity index (χ2v) is 39.1. The Morgan fingerprint density at radius 3 is 1.05 bits per heavy atom. The predicted molar refractivity (Wildman–Crippen MR) is 593 cm³/mol. The maximum atomic E-state index is 10.0. The van der Waals surface area contributed by atoms with Crippen molar-refractivity contribution in [2.24, 2.45) is 0 Å². The number of carbonyl (C=O) groups is 4. The van der Waals surface area contributed by atoms with Crippen LogP contribution in [-0.2, 0) is 125 Å². The van der Waals surface area contributed by atoms with Crippen LogP contribution in [-0.4, -0.2) is 96.9 Å². The molecule has 147 heavy (non-hydrogen) atoms. The van der Waals surface area contributed by atoms with Gasteiger partial charge in [-0.25, -0.2) is 0 Å². The zero-order valence-corrected chi connectivity index (χ0v) is 99.2. The van der Waals surface area contributed by atoms with Crippen LogP contribution in [0.5, 0.6) is 0 Å². The largest absolute Gasteiger partial charge is 1.00 e. The smallest absolute Gasteiger partial charge is 0.512 e. The number of thiazole rings is 1. The van der Waals surface area contributed by atoms with E-state index in [-0.39, 0.29) is 152 Å². The molecule has 761 valence electrons. The van der Waals surface area contributed by atoms with Gasteiger partial charge in [0.2, 0.25) is 0 Å². The molecule has 19 aromatic rings. The Morgan fingerprint density at radius 1 is 0.354 bits per heavy atom. The van der Waals surface area contributed by atoms with Gasteiger partial charge >= 0.3 is 19.8 Å². The summed E-state index contributed by atoms with van der Waals surface area (Å²) in [6.45, 7) is 26.5. The van der Waals surface area contributed by atoms with Crippen LogP contribution in [0, 0.1) is 38.1 Å². The summed E-state index contributed by atoms with van der Waals surface area (Å²) in [7, 11) is -1.09. The van der Waals surface area contributed by atoms with E-state index >= 15 is 0 Å².